The number of rotatable bonds is 9. The molecule has 2 aromatic rings. The summed E-state index contributed by atoms with van der Waals surface area (Å²) < 4.78 is 10.2. The van der Waals surface area contributed by atoms with E-state index in [9.17, 15) is 19.6 Å². The summed E-state index contributed by atoms with van der Waals surface area (Å²) in [6.07, 6.45) is 1.34. The van der Waals surface area contributed by atoms with E-state index in [-0.39, 0.29) is 35.6 Å². The number of ketones is 1. The zero-order valence-corrected chi connectivity index (χ0v) is 19.8. The summed E-state index contributed by atoms with van der Waals surface area (Å²) in [6, 6.07) is 9.60. The van der Waals surface area contributed by atoms with Gasteiger partial charge in [0.15, 0.2) is 5.78 Å². The van der Waals surface area contributed by atoms with Gasteiger partial charge in [-0.15, -0.1) is 11.3 Å². The highest BCUT2D eigenvalue weighted by Crippen LogP contribution is 2.31. The Hall–Kier alpha value is -3.24. The second-order valence-electron chi connectivity index (χ2n) is 7.39. The second kappa shape index (κ2) is 11.4. The molecule has 1 heterocycles. The minimum absolute atomic E-state index is 0.0270. The molecule has 1 aromatic carbocycles. The van der Waals surface area contributed by atoms with Crippen LogP contribution >= 0.6 is 11.3 Å². The van der Waals surface area contributed by atoms with E-state index in [0.29, 0.717) is 16.4 Å². The van der Waals surface area contributed by atoms with Gasteiger partial charge in [0.25, 0.3) is 0 Å². The molecule has 0 amide bonds. The van der Waals surface area contributed by atoms with Crippen LogP contribution in [0.5, 0.6) is 0 Å². The van der Waals surface area contributed by atoms with E-state index < -0.39 is 17.7 Å². The molecule has 6 nitrogen and oxygen atoms in total. The largest absolute Gasteiger partial charge is 0.462 e. The maximum Gasteiger partial charge on any atom is 0.348 e. The summed E-state index contributed by atoms with van der Waals surface area (Å²) in [4.78, 5) is 38.4. The Labute approximate surface area is 192 Å². The fourth-order valence-corrected chi connectivity index (χ4v) is 4.31. The molecule has 0 spiro atoms. The maximum atomic E-state index is 12.9. The van der Waals surface area contributed by atoms with Crippen molar-refractivity contribution in [2.45, 2.75) is 47.0 Å². The Morgan fingerprint density at radius 3 is 2.19 bits per heavy atom. The summed E-state index contributed by atoms with van der Waals surface area (Å²) in [5.41, 5.74) is 2.47. The third kappa shape index (κ3) is 5.92. The highest BCUT2D eigenvalue weighted by atomic mass is 32.1. The van der Waals surface area contributed by atoms with E-state index in [1.165, 1.54) is 6.08 Å². The number of ether oxygens (including phenoxy) is 2. The molecule has 0 bridgehead atoms. The standard InChI is InChI=1S/C25H27NO5S/c1-6-30-24(28)22-16(5)23(25(29)31-7-2)32-21(22)13-20(27)19(14-26)12-17-8-10-18(11-9-17)15(3)4/h8-12,15H,6-7,13H2,1-5H3/b19-12+. The molecule has 0 fully saturated rings. The first kappa shape index (κ1) is 25.0. The molecule has 0 N–H and O–H groups in total. The smallest absolute Gasteiger partial charge is 0.348 e. The van der Waals surface area contributed by atoms with Gasteiger partial charge in [0.1, 0.15) is 10.9 Å². The molecule has 1 aromatic heterocycles. The lowest BCUT2D eigenvalue weighted by molar-refractivity contribution is -0.114. The molecular weight excluding hydrogens is 426 g/mol. The summed E-state index contributed by atoms with van der Waals surface area (Å²) in [5, 5.41) is 9.56. The summed E-state index contributed by atoms with van der Waals surface area (Å²) in [5.74, 6) is -1.23. The quantitative estimate of drug-likeness (QED) is 0.292. The molecule has 2 rings (SSSR count). The molecule has 0 atom stereocenters. The average molecular weight is 454 g/mol. The fourth-order valence-electron chi connectivity index (χ4n) is 3.12. The van der Waals surface area contributed by atoms with Crippen LogP contribution < -0.4 is 0 Å². The normalized spacial score (nSPS) is 11.2. The zero-order valence-electron chi connectivity index (χ0n) is 19.0. The van der Waals surface area contributed by atoms with E-state index in [2.05, 4.69) is 13.8 Å². The molecule has 168 valence electrons. The molecule has 0 saturated carbocycles. The van der Waals surface area contributed by atoms with Crippen molar-refractivity contribution < 1.29 is 23.9 Å². The molecule has 0 saturated heterocycles. The van der Waals surface area contributed by atoms with E-state index in [1.54, 1.807) is 20.8 Å². The number of hydrogen-bond acceptors (Lipinski definition) is 7. The molecule has 0 unspecified atom stereocenters. The van der Waals surface area contributed by atoms with Gasteiger partial charge in [0.2, 0.25) is 0 Å². The van der Waals surface area contributed by atoms with Crippen molar-refractivity contribution in [2.75, 3.05) is 13.2 Å². The summed E-state index contributed by atoms with van der Waals surface area (Å²) >= 11 is 1.02. The van der Waals surface area contributed by atoms with Crippen LogP contribution in [0.1, 0.15) is 75.2 Å². The minimum atomic E-state index is -0.605. The number of nitrogens with zero attached hydrogens (tertiary/aromatic N) is 1. The number of nitriles is 1. The number of carbonyl (C=O) groups excluding carboxylic acids is 3. The van der Waals surface area contributed by atoms with Gasteiger partial charge < -0.3 is 9.47 Å². The predicted molar refractivity (Wildman–Crippen MR) is 124 cm³/mol. The van der Waals surface area contributed by atoms with Gasteiger partial charge in [-0.05, 0) is 49.5 Å². The Morgan fingerprint density at radius 2 is 1.66 bits per heavy atom. The summed E-state index contributed by atoms with van der Waals surface area (Å²) in [6.45, 7) is 9.52. The van der Waals surface area contributed by atoms with Crippen molar-refractivity contribution in [3.8, 4) is 6.07 Å². The molecule has 0 aliphatic heterocycles. The van der Waals surface area contributed by atoms with Crippen molar-refractivity contribution >= 4 is 35.1 Å². The highest BCUT2D eigenvalue weighted by molar-refractivity contribution is 7.14. The molecular formula is C25H27NO5S. The predicted octanol–water partition coefficient (Wildman–Crippen LogP) is 5.25. The first-order chi connectivity index (χ1) is 15.2. The van der Waals surface area contributed by atoms with Gasteiger partial charge >= 0.3 is 11.9 Å². The van der Waals surface area contributed by atoms with Crippen LogP contribution in [-0.4, -0.2) is 30.9 Å². The van der Waals surface area contributed by atoms with Gasteiger partial charge in [-0.1, -0.05) is 38.1 Å². The third-order valence-electron chi connectivity index (χ3n) is 4.82. The van der Waals surface area contributed by atoms with Gasteiger partial charge in [-0.3, -0.25) is 4.79 Å². The lowest BCUT2D eigenvalue weighted by Gasteiger charge is -2.06. The van der Waals surface area contributed by atoms with Gasteiger partial charge in [-0.2, -0.15) is 5.26 Å². The Balaban J connectivity index is 2.39. The second-order valence-corrected chi connectivity index (χ2v) is 8.49. The van der Waals surface area contributed by atoms with Crippen molar-refractivity contribution in [1.29, 1.82) is 5.26 Å². The van der Waals surface area contributed by atoms with Crippen molar-refractivity contribution in [1.82, 2.24) is 0 Å². The summed E-state index contributed by atoms with van der Waals surface area (Å²) in [7, 11) is 0. The number of esters is 2. The number of allylic oxidation sites excluding steroid dienone is 1. The van der Waals surface area contributed by atoms with Crippen molar-refractivity contribution in [3.63, 3.8) is 0 Å². The van der Waals surface area contributed by atoms with Crippen LogP contribution in [0, 0.1) is 18.3 Å². The first-order valence-electron chi connectivity index (χ1n) is 10.4. The SMILES string of the molecule is CCOC(=O)c1sc(CC(=O)/C(C#N)=C/c2ccc(C(C)C)cc2)c(C(=O)OCC)c1C. The number of thiophene rings is 1. The Kier molecular flexibility index (Phi) is 8.91. The third-order valence-corrected chi connectivity index (χ3v) is 6.09. The van der Waals surface area contributed by atoms with Gasteiger partial charge in [-0.25, -0.2) is 9.59 Å². The lowest BCUT2D eigenvalue weighted by Crippen LogP contribution is -2.12. The van der Waals surface area contributed by atoms with Crippen LogP contribution in [0.4, 0.5) is 0 Å². The van der Waals surface area contributed by atoms with Crippen LogP contribution in [0.2, 0.25) is 0 Å². The molecule has 0 aliphatic rings. The van der Waals surface area contributed by atoms with Crippen molar-refractivity contribution in [2.24, 2.45) is 0 Å². The molecule has 32 heavy (non-hydrogen) atoms. The lowest BCUT2D eigenvalue weighted by atomic mass is 9.99. The monoisotopic (exact) mass is 453 g/mol. The maximum absolute atomic E-state index is 12.9. The van der Waals surface area contributed by atoms with Crippen LogP contribution in [0.15, 0.2) is 29.8 Å². The minimum Gasteiger partial charge on any atom is -0.462 e. The molecule has 0 radical (unpaired) electrons. The number of hydrogen-bond donors (Lipinski definition) is 0. The van der Waals surface area contributed by atoms with E-state index >= 15 is 0 Å². The average Bonchev–Trinajstić information content (AvgIpc) is 3.08. The van der Waals surface area contributed by atoms with Crippen LogP contribution in [-0.2, 0) is 20.7 Å². The first-order valence-corrected chi connectivity index (χ1v) is 11.3. The topological polar surface area (TPSA) is 93.5 Å². The van der Waals surface area contributed by atoms with Crippen molar-refractivity contribution in [3.05, 3.63) is 61.8 Å². The van der Waals surface area contributed by atoms with E-state index in [1.807, 2.05) is 30.3 Å². The van der Waals surface area contributed by atoms with Crippen LogP contribution in [0.3, 0.4) is 0 Å². The van der Waals surface area contributed by atoms with Gasteiger partial charge in [0, 0.05) is 11.3 Å². The number of Topliss-reactive ketones (excluding diaryl/α,β-unsaturated/α-hetero) is 1. The zero-order chi connectivity index (χ0) is 23.8. The molecule has 7 heteroatoms. The highest BCUT2D eigenvalue weighted by Gasteiger charge is 2.27. The van der Waals surface area contributed by atoms with Gasteiger partial charge in [0.05, 0.1) is 24.4 Å². The van der Waals surface area contributed by atoms with E-state index in [4.69, 9.17) is 9.47 Å². The van der Waals surface area contributed by atoms with Crippen LogP contribution in [0.25, 0.3) is 6.08 Å². The van der Waals surface area contributed by atoms with E-state index in [0.717, 1.165) is 22.5 Å². The molecule has 0 aliphatic carbocycles. The number of carbonyl (C=O) groups is 3. The fraction of sp³-hybridized carbons (Fsp3) is 0.360. The Bertz CT molecular complexity index is 1070. The number of benzene rings is 1. The Morgan fingerprint density at radius 1 is 1.06 bits per heavy atom.